The van der Waals surface area contributed by atoms with Gasteiger partial charge in [0.25, 0.3) is 5.91 Å². The summed E-state index contributed by atoms with van der Waals surface area (Å²) in [7, 11) is 0. The second-order valence-corrected chi connectivity index (χ2v) is 8.55. The van der Waals surface area contributed by atoms with Crippen LogP contribution in [-0.2, 0) is 4.79 Å². The summed E-state index contributed by atoms with van der Waals surface area (Å²) in [4.78, 5) is 25.7. The second-order valence-electron chi connectivity index (χ2n) is 7.70. The highest BCUT2D eigenvalue weighted by molar-refractivity contribution is 6.35. The summed E-state index contributed by atoms with van der Waals surface area (Å²) in [6, 6.07) is 8.88. The molecule has 1 fully saturated rings. The Hall–Kier alpha value is -2.84. The monoisotopic (exact) mass is 474 g/mol. The lowest BCUT2D eigenvalue weighted by Crippen LogP contribution is -2.50. The van der Waals surface area contributed by atoms with Gasteiger partial charge in [-0.3, -0.25) is 4.79 Å². The molecule has 4 rings (SSSR count). The van der Waals surface area contributed by atoms with Crippen LogP contribution in [0.25, 0.3) is 5.82 Å². The molecule has 0 bridgehead atoms. The van der Waals surface area contributed by atoms with Crippen LogP contribution >= 0.6 is 23.2 Å². The van der Waals surface area contributed by atoms with Gasteiger partial charge in [-0.15, -0.1) is 0 Å². The quantitative estimate of drug-likeness (QED) is 0.561. The van der Waals surface area contributed by atoms with Crippen molar-refractivity contribution in [2.45, 2.75) is 20.8 Å². The van der Waals surface area contributed by atoms with Gasteiger partial charge in [0.05, 0.1) is 10.7 Å². The van der Waals surface area contributed by atoms with E-state index in [9.17, 15) is 4.79 Å². The Morgan fingerprint density at radius 1 is 1.00 bits per heavy atom. The normalized spacial score (nSPS) is 14.0. The number of halogens is 2. The lowest BCUT2D eigenvalue weighted by Gasteiger charge is -2.35. The molecular formula is C22H24Cl2N6O2. The van der Waals surface area contributed by atoms with Gasteiger partial charge < -0.3 is 14.5 Å². The molecule has 10 heteroatoms. The van der Waals surface area contributed by atoms with Crippen LogP contribution in [0, 0.1) is 20.8 Å². The van der Waals surface area contributed by atoms with Gasteiger partial charge in [-0.2, -0.15) is 5.10 Å². The van der Waals surface area contributed by atoms with Gasteiger partial charge in [0.2, 0.25) is 0 Å². The molecule has 1 aromatic carbocycles. The van der Waals surface area contributed by atoms with Crippen molar-refractivity contribution in [2.75, 3.05) is 37.7 Å². The number of carbonyl (C=O) groups is 1. The zero-order valence-corrected chi connectivity index (χ0v) is 19.7. The van der Waals surface area contributed by atoms with Crippen LogP contribution < -0.4 is 9.64 Å². The molecule has 0 saturated carbocycles. The fraction of sp³-hybridized carbons (Fsp3) is 0.364. The van der Waals surface area contributed by atoms with Crippen LogP contribution in [0.5, 0.6) is 5.75 Å². The first-order valence-electron chi connectivity index (χ1n) is 10.3. The molecule has 1 amide bonds. The Morgan fingerprint density at radius 2 is 1.72 bits per heavy atom. The van der Waals surface area contributed by atoms with Gasteiger partial charge in [-0.25, -0.2) is 14.6 Å². The van der Waals surface area contributed by atoms with Gasteiger partial charge in [0, 0.05) is 43.0 Å². The standard InChI is InChI=1S/C22H24Cl2N6O2/c1-14-10-15(2)30(27-14)21-12-20(25-16(3)26-21)28-6-8-29(9-7-28)22(31)13-32-19-5-4-17(23)11-18(19)24/h4-5,10-12H,6-9,13H2,1-3H3. The molecule has 1 aliphatic heterocycles. The number of carbonyl (C=O) groups excluding carboxylic acids is 1. The molecule has 0 unspecified atom stereocenters. The summed E-state index contributed by atoms with van der Waals surface area (Å²) >= 11 is 12.0. The van der Waals surface area contributed by atoms with Crippen molar-refractivity contribution in [1.82, 2.24) is 24.6 Å². The Labute approximate surface area is 196 Å². The molecule has 0 N–H and O–H groups in total. The van der Waals surface area contributed by atoms with Crippen molar-refractivity contribution in [2.24, 2.45) is 0 Å². The Kier molecular flexibility index (Phi) is 6.53. The number of ether oxygens (including phenoxy) is 1. The second kappa shape index (κ2) is 9.34. The highest BCUT2D eigenvalue weighted by atomic mass is 35.5. The lowest BCUT2D eigenvalue weighted by atomic mass is 10.3. The largest absolute Gasteiger partial charge is 0.482 e. The number of hydrogen-bond acceptors (Lipinski definition) is 6. The molecule has 8 nitrogen and oxygen atoms in total. The number of amides is 1. The van der Waals surface area contributed by atoms with E-state index in [4.69, 9.17) is 27.9 Å². The summed E-state index contributed by atoms with van der Waals surface area (Å²) < 4.78 is 7.41. The van der Waals surface area contributed by atoms with Gasteiger partial charge in [-0.1, -0.05) is 23.2 Å². The van der Waals surface area contributed by atoms with Crippen LogP contribution in [0.15, 0.2) is 30.3 Å². The summed E-state index contributed by atoms with van der Waals surface area (Å²) in [5.41, 5.74) is 1.96. The van der Waals surface area contributed by atoms with Gasteiger partial charge in [0.1, 0.15) is 17.4 Å². The van der Waals surface area contributed by atoms with Gasteiger partial charge in [0.15, 0.2) is 12.4 Å². The van der Waals surface area contributed by atoms with E-state index >= 15 is 0 Å². The zero-order valence-electron chi connectivity index (χ0n) is 18.2. The minimum absolute atomic E-state index is 0.0734. The van der Waals surface area contributed by atoms with Crippen molar-refractivity contribution in [1.29, 1.82) is 0 Å². The summed E-state index contributed by atoms with van der Waals surface area (Å²) in [5, 5.41) is 5.43. The molecule has 168 valence electrons. The third-order valence-corrected chi connectivity index (χ3v) is 5.77. The van der Waals surface area contributed by atoms with Crippen LogP contribution in [-0.4, -0.2) is 63.3 Å². The molecule has 0 aliphatic carbocycles. The first kappa shape index (κ1) is 22.4. The van der Waals surface area contributed by atoms with E-state index in [1.54, 1.807) is 23.1 Å². The zero-order chi connectivity index (χ0) is 22.8. The van der Waals surface area contributed by atoms with Crippen molar-refractivity contribution in [3.05, 3.63) is 57.6 Å². The van der Waals surface area contributed by atoms with Crippen LogP contribution in [0.1, 0.15) is 17.2 Å². The molecule has 1 saturated heterocycles. The van der Waals surface area contributed by atoms with E-state index in [1.807, 2.05) is 37.6 Å². The smallest absolute Gasteiger partial charge is 0.260 e. The third kappa shape index (κ3) is 4.97. The van der Waals surface area contributed by atoms with E-state index < -0.39 is 0 Å². The molecule has 2 aromatic heterocycles. The number of benzene rings is 1. The lowest BCUT2D eigenvalue weighted by molar-refractivity contribution is -0.133. The Bertz CT molecular complexity index is 1140. The highest BCUT2D eigenvalue weighted by Gasteiger charge is 2.23. The van der Waals surface area contributed by atoms with Crippen LogP contribution in [0.3, 0.4) is 0 Å². The van der Waals surface area contributed by atoms with E-state index in [0.29, 0.717) is 47.8 Å². The Balaban J connectivity index is 1.38. The van der Waals surface area contributed by atoms with Crippen molar-refractivity contribution >= 4 is 34.9 Å². The van der Waals surface area contributed by atoms with Crippen LogP contribution in [0.4, 0.5) is 5.82 Å². The van der Waals surface area contributed by atoms with Crippen LogP contribution in [0.2, 0.25) is 10.0 Å². The number of rotatable bonds is 5. The average molecular weight is 475 g/mol. The number of hydrogen-bond donors (Lipinski definition) is 0. The first-order chi connectivity index (χ1) is 15.3. The SMILES string of the molecule is Cc1cc(C)n(-c2cc(N3CCN(C(=O)COc4ccc(Cl)cc4Cl)CC3)nc(C)n2)n1. The minimum Gasteiger partial charge on any atom is -0.482 e. The highest BCUT2D eigenvalue weighted by Crippen LogP contribution is 2.27. The Morgan fingerprint density at radius 3 is 2.38 bits per heavy atom. The van der Waals surface area contributed by atoms with Gasteiger partial charge >= 0.3 is 0 Å². The molecule has 0 spiro atoms. The predicted octanol–water partition coefficient (Wildman–Crippen LogP) is 3.62. The third-order valence-electron chi connectivity index (χ3n) is 5.24. The number of piperazine rings is 1. The number of aryl methyl sites for hydroxylation is 3. The maximum Gasteiger partial charge on any atom is 0.260 e. The molecule has 3 aromatic rings. The molecule has 0 radical (unpaired) electrons. The first-order valence-corrected chi connectivity index (χ1v) is 11.1. The van der Waals surface area contributed by atoms with Gasteiger partial charge in [-0.05, 0) is 45.0 Å². The summed E-state index contributed by atoms with van der Waals surface area (Å²) in [5.74, 6) is 2.60. The van der Waals surface area contributed by atoms with Crippen molar-refractivity contribution < 1.29 is 9.53 Å². The fourth-order valence-corrected chi connectivity index (χ4v) is 4.14. The maximum absolute atomic E-state index is 12.6. The summed E-state index contributed by atoms with van der Waals surface area (Å²) in [6.45, 7) is 8.25. The van der Waals surface area contributed by atoms with Crippen molar-refractivity contribution in [3.8, 4) is 11.6 Å². The summed E-state index contributed by atoms with van der Waals surface area (Å²) in [6.07, 6.45) is 0. The van der Waals surface area contributed by atoms with E-state index in [2.05, 4.69) is 20.0 Å². The molecular weight excluding hydrogens is 451 g/mol. The topological polar surface area (TPSA) is 76.4 Å². The van der Waals surface area contributed by atoms with Crippen molar-refractivity contribution in [3.63, 3.8) is 0 Å². The number of aromatic nitrogens is 4. The molecule has 1 aliphatic rings. The van der Waals surface area contributed by atoms with E-state index in [0.717, 1.165) is 23.0 Å². The molecule has 3 heterocycles. The molecule has 32 heavy (non-hydrogen) atoms. The number of anilines is 1. The average Bonchev–Trinajstić information content (AvgIpc) is 3.10. The molecule has 0 atom stereocenters. The predicted molar refractivity (Wildman–Crippen MR) is 124 cm³/mol. The fourth-order valence-electron chi connectivity index (χ4n) is 3.68. The van der Waals surface area contributed by atoms with E-state index in [-0.39, 0.29) is 12.5 Å². The minimum atomic E-state index is -0.0853. The number of nitrogens with zero attached hydrogens (tertiary/aromatic N) is 6. The maximum atomic E-state index is 12.6. The van der Waals surface area contributed by atoms with E-state index in [1.165, 1.54) is 0 Å².